The van der Waals surface area contributed by atoms with Gasteiger partial charge in [-0.15, -0.1) is 0 Å². The first kappa shape index (κ1) is 16.1. The summed E-state index contributed by atoms with van der Waals surface area (Å²) in [4.78, 5) is 16.0. The van der Waals surface area contributed by atoms with Gasteiger partial charge in [0.25, 0.3) is 5.91 Å². The zero-order chi connectivity index (χ0) is 15.6. The third-order valence-electron chi connectivity index (χ3n) is 2.51. The predicted octanol–water partition coefficient (Wildman–Crippen LogP) is 2.51. The molecule has 2 rings (SSSR count). The van der Waals surface area contributed by atoms with Gasteiger partial charge in [0.1, 0.15) is 4.60 Å². The fourth-order valence-electron chi connectivity index (χ4n) is 1.51. The average molecular weight is 435 g/mol. The van der Waals surface area contributed by atoms with Gasteiger partial charge in [0.05, 0.1) is 10.6 Å². The molecular formula is C12H9Br2N3O3S. The van der Waals surface area contributed by atoms with Gasteiger partial charge in [0.2, 0.25) is 10.0 Å². The molecule has 0 atom stereocenters. The van der Waals surface area contributed by atoms with E-state index in [0.717, 1.165) is 0 Å². The number of carbonyl (C=O) groups is 1. The number of anilines is 1. The number of pyridine rings is 1. The summed E-state index contributed by atoms with van der Waals surface area (Å²) in [6, 6.07) is 7.23. The van der Waals surface area contributed by atoms with Gasteiger partial charge in [-0.3, -0.25) is 4.79 Å². The highest BCUT2D eigenvalue weighted by Crippen LogP contribution is 2.26. The molecule has 21 heavy (non-hydrogen) atoms. The van der Waals surface area contributed by atoms with Crippen molar-refractivity contribution in [3.8, 4) is 0 Å². The minimum absolute atomic E-state index is 0.0426. The fraction of sp³-hybridized carbons (Fsp3) is 0. The zero-order valence-corrected chi connectivity index (χ0v) is 14.4. The Balaban J connectivity index is 2.26. The van der Waals surface area contributed by atoms with Gasteiger partial charge < -0.3 is 5.32 Å². The van der Waals surface area contributed by atoms with Crippen molar-refractivity contribution in [3.05, 3.63) is 51.2 Å². The number of nitrogens with two attached hydrogens (primary N) is 1. The zero-order valence-electron chi connectivity index (χ0n) is 10.4. The van der Waals surface area contributed by atoms with Crippen LogP contribution in [0.3, 0.4) is 0 Å². The quantitative estimate of drug-likeness (QED) is 0.724. The number of halogens is 2. The molecule has 0 aliphatic heterocycles. The molecule has 0 saturated carbocycles. The lowest BCUT2D eigenvalue weighted by atomic mass is 10.2. The molecule has 1 amide bonds. The van der Waals surface area contributed by atoms with Crippen molar-refractivity contribution < 1.29 is 13.2 Å². The van der Waals surface area contributed by atoms with Gasteiger partial charge in [0.15, 0.2) is 0 Å². The number of sulfonamides is 1. The van der Waals surface area contributed by atoms with Gasteiger partial charge in [-0.05, 0) is 62.2 Å². The molecule has 0 radical (unpaired) electrons. The number of nitrogens with zero attached hydrogens (tertiary/aromatic N) is 1. The first-order valence-corrected chi connectivity index (χ1v) is 8.66. The van der Waals surface area contributed by atoms with E-state index in [1.807, 2.05) is 0 Å². The van der Waals surface area contributed by atoms with E-state index in [1.54, 1.807) is 12.1 Å². The number of rotatable bonds is 3. The molecule has 0 spiro atoms. The summed E-state index contributed by atoms with van der Waals surface area (Å²) in [5.74, 6) is -0.345. The van der Waals surface area contributed by atoms with E-state index >= 15 is 0 Å². The number of aromatic nitrogens is 1. The maximum Gasteiger partial charge on any atom is 0.255 e. The van der Waals surface area contributed by atoms with Crippen molar-refractivity contribution in [2.75, 3.05) is 5.32 Å². The predicted molar refractivity (Wildman–Crippen MR) is 85.4 cm³/mol. The van der Waals surface area contributed by atoms with Crippen LogP contribution < -0.4 is 10.5 Å². The van der Waals surface area contributed by atoms with Crippen LogP contribution in [-0.4, -0.2) is 19.3 Å². The van der Waals surface area contributed by atoms with Crippen molar-refractivity contribution in [3.63, 3.8) is 0 Å². The summed E-state index contributed by atoms with van der Waals surface area (Å²) in [6.45, 7) is 0. The SMILES string of the molecule is NS(=O)(=O)c1ccc(NC(=O)c2ccnc(Br)c2)c(Br)c1. The maximum absolute atomic E-state index is 12.1. The van der Waals surface area contributed by atoms with Crippen LogP contribution in [0.2, 0.25) is 0 Å². The fourth-order valence-corrected chi connectivity index (χ4v) is 3.05. The van der Waals surface area contributed by atoms with Crippen LogP contribution in [0.5, 0.6) is 0 Å². The number of carbonyl (C=O) groups excluding carboxylic acids is 1. The lowest BCUT2D eigenvalue weighted by Crippen LogP contribution is -2.14. The highest BCUT2D eigenvalue weighted by Gasteiger charge is 2.13. The van der Waals surface area contributed by atoms with Crippen LogP contribution in [0, 0.1) is 0 Å². The van der Waals surface area contributed by atoms with Gasteiger partial charge >= 0.3 is 0 Å². The Morgan fingerprint density at radius 1 is 1.19 bits per heavy atom. The van der Waals surface area contributed by atoms with Crippen LogP contribution in [-0.2, 0) is 10.0 Å². The van der Waals surface area contributed by atoms with Crippen LogP contribution in [0.4, 0.5) is 5.69 Å². The summed E-state index contributed by atoms with van der Waals surface area (Å²) in [5.41, 5.74) is 0.847. The topological polar surface area (TPSA) is 102 Å². The van der Waals surface area contributed by atoms with E-state index in [0.29, 0.717) is 20.3 Å². The smallest absolute Gasteiger partial charge is 0.255 e. The number of amides is 1. The number of benzene rings is 1. The van der Waals surface area contributed by atoms with Gasteiger partial charge in [-0.25, -0.2) is 18.5 Å². The monoisotopic (exact) mass is 433 g/mol. The second-order valence-electron chi connectivity index (χ2n) is 4.01. The van der Waals surface area contributed by atoms with Crippen molar-refractivity contribution in [2.24, 2.45) is 5.14 Å². The Labute approximate surface area is 138 Å². The highest BCUT2D eigenvalue weighted by molar-refractivity contribution is 9.10. The maximum atomic E-state index is 12.1. The second kappa shape index (κ2) is 6.22. The molecule has 1 aromatic carbocycles. The summed E-state index contributed by atoms with van der Waals surface area (Å²) in [7, 11) is -3.79. The normalized spacial score (nSPS) is 11.2. The Bertz CT molecular complexity index is 809. The minimum Gasteiger partial charge on any atom is -0.321 e. The molecule has 2 aromatic rings. The average Bonchev–Trinajstić information content (AvgIpc) is 2.39. The van der Waals surface area contributed by atoms with E-state index in [1.165, 1.54) is 24.4 Å². The molecule has 0 saturated heterocycles. The second-order valence-corrected chi connectivity index (χ2v) is 7.24. The van der Waals surface area contributed by atoms with Crippen LogP contribution in [0.1, 0.15) is 10.4 Å². The molecule has 1 aromatic heterocycles. The van der Waals surface area contributed by atoms with E-state index in [2.05, 4.69) is 42.2 Å². The van der Waals surface area contributed by atoms with Gasteiger partial charge in [-0.2, -0.15) is 0 Å². The molecule has 1 heterocycles. The molecule has 0 unspecified atom stereocenters. The molecule has 110 valence electrons. The first-order valence-electron chi connectivity index (χ1n) is 5.52. The first-order chi connectivity index (χ1) is 9.77. The number of hydrogen-bond acceptors (Lipinski definition) is 4. The molecule has 0 bridgehead atoms. The Morgan fingerprint density at radius 2 is 1.90 bits per heavy atom. The lowest BCUT2D eigenvalue weighted by molar-refractivity contribution is 0.102. The molecule has 6 nitrogen and oxygen atoms in total. The summed E-state index contributed by atoms with van der Waals surface area (Å²) in [6.07, 6.45) is 1.50. The summed E-state index contributed by atoms with van der Waals surface area (Å²) in [5, 5.41) is 7.70. The third-order valence-corrected chi connectivity index (χ3v) is 4.51. The molecule has 0 aliphatic carbocycles. The van der Waals surface area contributed by atoms with E-state index in [9.17, 15) is 13.2 Å². The minimum atomic E-state index is -3.79. The molecule has 9 heteroatoms. The Kier molecular flexibility index (Phi) is 4.77. The van der Waals surface area contributed by atoms with Crippen molar-refractivity contribution in [1.29, 1.82) is 0 Å². The van der Waals surface area contributed by atoms with Crippen molar-refractivity contribution >= 4 is 53.5 Å². The summed E-state index contributed by atoms with van der Waals surface area (Å²) >= 11 is 6.38. The standard InChI is InChI=1S/C12H9Br2N3O3S/c13-9-6-8(21(15,19)20)1-2-10(9)17-12(18)7-3-4-16-11(14)5-7/h1-6H,(H,17,18)(H2,15,19,20). The van der Waals surface area contributed by atoms with E-state index < -0.39 is 10.0 Å². The van der Waals surface area contributed by atoms with Crippen molar-refractivity contribution in [2.45, 2.75) is 4.90 Å². The van der Waals surface area contributed by atoms with Crippen LogP contribution in [0.25, 0.3) is 0 Å². The Hall–Kier alpha value is -1.29. The van der Waals surface area contributed by atoms with Gasteiger partial charge in [-0.1, -0.05) is 0 Å². The highest BCUT2D eigenvalue weighted by atomic mass is 79.9. The molecule has 0 fully saturated rings. The van der Waals surface area contributed by atoms with Crippen molar-refractivity contribution in [1.82, 2.24) is 4.98 Å². The number of nitrogens with one attached hydrogen (secondary N) is 1. The molecule has 0 aliphatic rings. The molecular weight excluding hydrogens is 426 g/mol. The van der Waals surface area contributed by atoms with E-state index in [4.69, 9.17) is 5.14 Å². The van der Waals surface area contributed by atoms with Gasteiger partial charge in [0, 0.05) is 16.2 Å². The van der Waals surface area contributed by atoms with E-state index in [-0.39, 0.29) is 10.8 Å². The number of primary sulfonamides is 1. The third kappa shape index (κ3) is 4.10. The number of hydrogen-bond donors (Lipinski definition) is 2. The van der Waals surface area contributed by atoms with Crippen LogP contribution in [0.15, 0.2) is 50.5 Å². The van der Waals surface area contributed by atoms with Crippen LogP contribution >= 0.6 is 31.9 Å². The Morgan fingerprint density at radius 3 is 2.48 bits per heavy atom. The molecule has 3 N–H and O–H groups in total. The lowest BCUT2D eigenvalue weighted by Gasteiger charge is -2.09. The largest absolute Gasteiger partial charge is 0.321 e. The summed E-state index contributed by atoms with van der Waals surface area (Å²) < 4.78 is 23.4.